The van der Waals surface area contributed by atoms with Crippen LogP contribution < -0.4 is 10.6 Å². The van der Waals surface area contributed by atoms with Gasteiger partial charge in [0.2, 0.25) is 0 Å². The third kappa shape index (κ3) is 1.71. The molecular weight excluding hydrogens is 242 g/mol. The standard InChI is InChI=1S/C14H19N3S/c1-9-3-4-12-10(7-9)11-8-16(2)6-5-13(11)17(12)14(15)18/h3-4,7,11,13H,5-6,8H2,1-2H3,(H2,15,18). The summed E-state index contributed by atoms with van der Waals surface area (Å²) in [6.45, 7) is 4.36. The maximum Gasteiger partial charge on any atom is 0.171 e. The lowest BCUT2D eigenvalue weighted by molar-refractivity contribution is 0.237. The summed E-state index contributed by atoms with van der Waals surface area (Å²) >= 11 is 5.25. The van der Waals surface area contributed by atoms with Crippen molar-refractivity contribution >= 4 is 23.0 Å². The van der Waals surface area contributed by atoms with Crippen molar-refractivity contribution in [2.24, 2.45) is 5.73 Å². The van der Waals surface area contributed by atoms with Crippen molar-refractivity contribution in [1.82, 2.24) is 4.90 Å². The van der Waals surface area contributed by atoms with Gasteiger partial charge in [-0.1, -0.05) is 17.7 Å². The molecule has 0 aliphatic carbocycles. The number of likely N-dealkylation sites (N-methyl/N-ethyl adjacent to an activating group) is 1. The van der Waals surface area contributed by atoms with Crippen LogP contribution in [-0.4, -0.2) is 36.2 Å². The number of likely N-dealkylation sites (tertiary alicyclic amines) is 1. The highest BCUT2D eigenvalue weighted by atomic mass is 32.1. The Bertz CT molecular complexity index is 500. The number of nitrogens with two attached hydrogens (primary N) is 1. The predicted octanol–water partition coefficient (Wildman–Crippen LogP) is 1.85. The summed E-state index contributed by atoms with van der Waals surface area (Å²) in [6, 6.07) is 7.06. The Labute approximate surface area is 114 Å². The van der Waals surface area contributed by atoms with Crippen molar-refractivity contribution in [3.63, 3.8) is 0 Å². The number of benzene rings is 1. The van der Waals surface area contributed by atoms with Crippen LogP contribution >= 0.6 is 12.2 Å². The molecular formula is C14H19N3S. The van der Waals surface area contributed by atoms with Crippen LogP contribution in [0.15, 0.2) is 18.2 Å². The van der Waals surface area contributed by atoms with Gasteiger partial charge >= 0.3 is 0 Å². The Kier molecular flexibility index (Phi) is 2.79. The van der Waals surface area contributed by atoms with E-state index in [0.29, 0.717) is 17.1 Å². The zero-order valence-corrected chi connectivity index (χ0v) is 11.7. The van der Waals surface area contributed by atoms with E-state index in [1.54, 1.807) is 0 Å². The molecule has 2 N–H and O–H groups in total. The van der Waals surface area contributed by atoms with Gasteiger partial charge in [-0.15, -0.1) is 0 Å². The highest BCUT2D eigenvalue weighted by molar-refractivity contribution is 7.80. The first kappa shape index (κ1) is 11.9. The van der Waals surface area contributed by atoms with Gasteiger partial charge in [-0.05, 0) is 50.8 Å². The van der Waals surface area contributed by atoms with Gasteiger partial charge in [-0.25, -0.2) is 0 Å². The van der Waals surface area contributed by atoms with Gasteiger partial charge in [0.25, 0.3) is 0 Å². The molecule has 3 nitrogen and oxygen atoms in total. The minimum absolute atomic E-state index is 0.454. The number of hydrogen-bond donors (Lipinski definition) is 1. The first-order valence-corrected chi connectivity index (χ1v) is 6.86. The molecule has 0 radical (unpaired) electrons. The topological polar surface area (TPSA) is 32.5 Å². The molecule has 0 spiro atoms. The fourth-order valence-corrected chi connectivity index (χ4v) is 3.60. The molecule has 2 heterocycles. The Morgan fingerprint density at radius 3 is 2.94 bits per heavy atom. The monoisotopic (exact) mass is 261 g/mol. The van der Waals surface area contributed by atoms with Crippen molar-refractivity contribution in [1.29, 1.82) is 0 Å². The molecule has 2 atom stereocenters. The average molecular weight is 261 g/mol. The molecule has 0 saturated carbocycles. The summed E-state index contributed by atoms with van der Waals surface area (Å²) in [6.07, 6.45) is 1.13. The van der Waals surface area contributed by atoms with E-state index in [9.17, 15) is 0 Å². The van der Waals surface area contributed by atoms with E-state index >= 15 is 0 Å². The van der Waals surface area contributed by atoms with E-state index in [4.69, 9.17) is 18.0 Å². The average Bonchev–Trinajstić information content (AvgIpc) is 2.62. The molecule has 1 saturated heterocycles. The number of hydrogen-bond acceptors (Lipinski definition) is 2. The van der Waals surface area contributed by atoms with Gasteiger partial charge in [0.15, 0.2) is 5.11 Å². The fourth-order valence-electron chi connectivity index (χ4n) is 3.37. The van der Waals surface area contributed by atoms with Crippen LogP contribution in [0, 0.1) is 6.92 Å². The minimum Gasteiger partial charge on any atom is -0.376 e. The summed E-state index contributed by atoms with van der Waals surface area (Å²) in [5.74, 6) is 0.542. The highest BCUT2D eigenvalue weighted by Gasteiger charge is 2.42. The zero-order valence-electron chi connectivity index (χ0n) is 10.9. The summed E-state index contributed by atoms with van der Waals surface area (Å²) in [5, 5.41) is 0.511. The molecule has 2 aliphatic rings. The second kappa shape index (κ2) is 4.21. The van der Waals surface area contributed by atoms with Crippen LogP contribution in [0.2, 0.25) is 0 Å². The quantitative estimate of drug-likeness (QED) is 0.722. The van der Waals surface area contributed by atoms with Crippen LogP contribution in [0.3, 0.4) is 0 Å². The largest absolute Gasteiger partial charge is 0.376 e. The SMILES string of the molecule is Cc1ccc2c(c1)C1CN(C)CCC1N2C(N)=S. The van der Waals surface area contributed by atoms with Gasteiger partial charge in [0.1, 0.15) is 0 Å². The van der Waals surface area contributed by atoms with E-state index in [-0.39, 0.29) is 0 Å². The number of fused-ring (bicyclic) bond motifs is 3. The molecule has 1 aromatic carbocycles. The molecule has 0 aromatic heterocycles. The molecule has 0 bridgehead atoms. The molecule has 3 rings (SSSR count). The first-order valence-electron chi connectivity index (χ1n) is 6.45. The fraction of sp³-hybridized carbons (Fsp3) is 0.500. The predicted molar refractivity (Wildman–Crippen MR) is 79.1 cm³/mol. The van der Waals surface area contributed by atoms with E-state index in [1.165, 1.54) is 16.8 Å². The summed E-state index contributed by atoms with van der Waals surface area (Å²) in [7, 11) is 2.19. The maximum absolute atomic E-state index is 5.94. The third-order valence-corrected chi connectivity index (χ3v) is 4.39. The first-order chi connectivity index (χ1) is 8.58. The Morgan fingerprint density at radius 1 is 1.44 bits per heavy atom. The van der Waals surface area contributed by atoms with Crippen molar-refractivity contribution in [2.75, 3.05) is 25.0 Å². The zero-order chi connectivity index (χ0) is 12.9. The minimum atomic E-state index is 0.454. The molecule has 2 aliphatic heterocycles. The van der Waals surface area contributed by atoms with Crippen LogP contribution in [0.5, 0.6) is 0 Å². The molecule has 4 heteroatoms. The lowest BCUT2D eigenvalue weighted by atomic mass is 9.89. The lowest BCUT2D eigenvalue weighted by Gasteiger charge is -2.36. The number of rotatable bonds is 0. The molecule has 1 aromatic rings. The third-order valence-electron chi connectivity index (χ3n) is 4.19. The van der Waals surface area contributed by atoms with E-state index in [2.05, 4.69) is 42.0 Å². The van der Waals surface area contributed by atoms with Crippen molar-refractivity contribution in [2.45, 2.75) is 25.3 Å². The second-order valence-corrected chi connectivity index (χ2v) is 5.91. The molecule has 0 amide bonds. The second-order valence-electron chi connectivity index (χ2n) is 5.50. The van der Waals surface area contributed by atoms with E-state index in [0.717, 1.165) is 19.5 Å². The van der Waals surface area contributed by atoms with Crippen molar-refractivity contribution < 1.29 is 0 Å². The maximum atomic E-state index is 5.94. The van der Waals surface area contributed by atoms with Gasteiger partial charge in [0.05, 0.1) is 0 Å². The number of anilines is 1. The Hall–Kier alpha value is -1.13. The summed E-state index contributed by atoms with van der Waals surface area (Å²) in [4.78, 5) is 4.57. The van der Waals surface area contributed by atoms with Gasteiger partial charge in [-0.2, -0.15) is 0 Å². The van der Waals surface area contributed by atoms with Gasteiger partial charge < -0.3 is 15.5 Å². The van der Waals surface area contributed by atoms with Gasteiger partial charge in [-0.3, -0.25) is 0 Å². The molecule has 2 unspecified atom stereocenters. The van der Waals surface area contributed by atoms with E-state index < -0.39 is 0 Å². The molecule has 1 fully saturated rings. The smallest absolute Gasteiger partial charge is 0.171 e. The van der Waals surface area contributed by atoms with Crippen LogP contribution in [0.1, 0.15) is 23.5 Å². The number of thiocarbonyl (C=S) groups is 1. The highest BCUT2D eigenvalue weighted by Crippen LogP contribution is 2.44. The van der Waals surface area contributed by atoms with E-state index in [1.807, 2.05) is 0 Å². The van der Waals surface area contributed by atoms with Crippen molar-refractivity contribution in [3.8, 4) is 0 Å². The summed E-state index contributed by atoms with van der Waals surface area (Å²) in [5.41, 5.74) is 9.88. The number of nitrogens with zero attached hydrogens (tertiary/aromatic N) is 2. The van der Waals surface area contributed by atoms with Crippen molar-refractivity contribution in [3.05, 3.63) is 29.3 Å². The Balaban J connectivity index is 2.09. The summed E-state index contributed by atoms with van der Waals surface area (Å²) < 4.78 is 0. The lowest BCUT2D eigenvalue weighted by Crippen LogP contribution is -2.48. The van der Waals surface area contributed by atoms with Gasteiger partial charge in [0, 0.05) is 24.2 Å². The van der Waals surface area contributed by atoms with Crippen LogP contribution in [0.4, 0.5) is 5.69 Å². The van der Waals surface area contributed by atoms with Crippen LogP contribution in [0.25, 0.3) is 0 Å². The number of aryl methyl sites for hydroxylation is 1. The number of piperidine rings is 1. The normalized spacial score (nSPS) is 26.9. The molecule has 18 heavy (non-hydrogen) atoms. The van der Waals surface area contributed by atoms with Crippen LogP contribution in [-0.2, 0) is 0 Å². The molecule has 96 valence electrons. The Morgan fingerprint density at radius 2 is 2.22 bits per heavy atom.